The highest BCUT2D eigenvalue weighted by atomic mass is 32.2. The van der Waals surface area contributed by atoms with Crippen LogP contribution in [0.2, 0.25) is 0 Å². The molecule has 0 spiro atoms. The van der Waals surface area contributed by atoms with E-state index >= 15 is 0 Å². The molecule has 0 aliphatic rings. The molecule has 0 saturated carbocycles. The molecule has 1 atom stereocenters. The summed E-state index contributed by atoms with van der Waals surface area (Å²) in [6.07, 6.45) is 4.87. The van der Waals surface area contributed by atoms with E-state index in [1.165, 1.54) is 18.6 Å². The third-order valence-corrected chi connectivity index (χ3v) is 3.77. The van der Waals surface area contributed by atoms with E-state index in [1.54, 1.807) is 0 Å². The molecule has 0 bridgehead atoms. The molecule has 0 rings (SSSR count). The fraction of sp³-hybridized carbons (Fsp3) is 1.00. The molecule has 0 aromatic carbocycles. The van der Waals surface area contributed by atoms with Crippen LogP contribution < -0.4 is 5.32 Å². The Balaban J connectivity index is 3.92. The summed E-state index contributed by atoms with van der Waals surface area (Å²) < 4.78 is 0. The van der Waals surface area contributed by atoms with E-state index in [-0.39, 0.29) is 0 Å². The highest BCUT2D eigenvalue weighted by Crippen LogP contribution is 2.31. The summed E-state index contributed by atoms with van der Waals surface area (Å²) in [5, 5.41) is 3.31. The first kappa shape index (κ1) is 13.3. The van der Waals surface area contributed by atoms with Crippen molar-refractivity contribution in [2.45, 2.75) is 33.6 Å². The summed E-state index contributed by atoms with van der Waals surface area (Å²) in [5.74, 6) is 2.06. The van der Waals surface area contributed by atoms with E-state index in [2.05, 4.69) is 39.4 Å². The Morgan fingerprint density at radius 3 is 2.38 bits per heavy atom. The van der Waals surface area contributed by atoms with Gasteiger partial charge in [0.25, 0.3) is 0 Å². The average Bonchev–Trinajstić information content (AvgIpc) is 2.05. The van der Waals surface area contributed by atoms with E-state index in [0.717, 1.165) is 12.5 Å². The molecular formula is C11H25NS. The first-order chi connectivity index (χ1) is 6.06. The van der Waals surface area contributed by atoms with E-state index in [4.69, 9.17) is 0 Å². The van der Waals surface area contributed by atoms with Crippen LogP contribution in [0.5, 0.6) is 0 Å². The fourth-order valence-corrected chi connectivity index (χ4v) is 2.04. The fourth-order valence-electron chi connectivity index (χ4n) is 1.61. The quantitative estimate of drug-likeness (QED) is 0.638. The molecule has 1 nitrogen and oxygen atoms in total. The Kier molecular flexibility index (Phi) is 6.88. The zero-order valence-corrected chi connectivity index (χ0v) is 10.6. The molecule has 0 fully saturated rings. The summed E-state index contributed by atoms with van der Waals surface area (Å²) >= 11 is 1.95. The first-order valence-corrected chi connectivity index (χ1v) is 6.59. The van der Waals surface area contributed by atoms with Gasteiger partial charge in [-0.3, -0.25) is 0 Å². The maximum atomic E-state index is 3.31. The van der Waals surface area contributed by atoms with Crippen LogP contribution in [0.15, 0.2) is 0 Å². The average molecular weight is 203 g/mol. The predicted octanol–water partition coefficient (Wildman–Crippen LogP) is 3.01. The molecule has 1 N–H and O–H groups in total. The highest BCUT2D eigenvalue weighted by Gasteiger charge is 2.26. The molecule has 0 heterocycles. The van der Waals surface area contributed by atoms with Gasteiger partial charge in [-0.1, -0.05) is 20.8 Å². The molecule has 0 aromatic heterocycles. The summed E-state index contributed by atoms with van der Waals surface area (Å²) in [6.45, 7) is 8.19. The Labute approximate surface area is 88.1 Å². The smallest absolute Gasteiger partial charge is 0.000461 e. The summed E-state index contributed by atoms with van der Waals surface area (Å²) in [5.41, 5.74) is 0.477. The molecule has 0 saturated heterocycles. The second-order valence-corrected chi connectivity index (χ2v) is 5.42. The largest absolute Gasteiger partial charge is 0.319 e. The number of hydrogen-bond acceptors (Lipinski definition) is 2. The van der Waals surface area contributed by atoms with Gasteiger partial charge < -0.3 is 5.32 Å². The van der Waals surface area contributed by atoms with Gasteiger partial charge in [0, 0.05) is 6.54 Å². The number of rotatable bonds is 7. The van der Waals surface area contributed by atoms with Crippen molar-refractivity contribution >= 4 is 11.8 Å². The minimum absolute atomic E-state index is 0.477. The Bertz CT molecular complexity index is 125. The third-order valence-electron chi connectivity index (χ3n) is 3.07. The Morgan fingerprint density at radius 2 is 2.00 bits per heavy atom. The van der Waals surface area contributed by atoms with Crippen molar-refractivity contribution in [1.82, 2.24) is 5.32 Å². The molecule has 0 aliphatic heterocycles. The lowest BCUT2D eigenvalue weighted by atomic mass is 9.75. The Hall–Kier alpha value is 0.310. The maximum Gasteiger partial charge on any atom is 0.000461 e. The molecular weight excluding hydrogens is 178 g/mol. The predicted molar refractivity (Wildman–Crippen MR) is 64.5 cm³/mol. The van der Waals surface area contributed by atoms with Gasteiger partial charge in [-0.25, -0.2) is 0 Å². The van der Waals surface area contributed by atoms with Crippen molar-refractivity contribution in [3.05, 3.63) is 0 Å². The topological polar surface area (TPSA) is 12.0 Å². The van der Waals surface area contributed by atoms with Crippen molar-refractivity contribution in [3.63, 3.8) is 0 Å². The van der Waals surface area contributed by atoms with Crippen molar-refractivity contribution < 1.29 is 0 Å². The van der Waals surface area contributed by atoms with Crippen molar-refractivity contribution in [3.8, 4) is 0 Å². The monoisotopic (exact) mass is 203 g/mol. The molecule has 0 amide bonds. The van der Waals surface area contributed by atoms with Crippen LogP contribution in [0.3, 0.4) is 0 Å². The van der Waals surface area contributed by atoms with Crippen molar-refractivity contribution in [2.75, 3.05) is 25.6 Å². The number of thioether (sulfide) groups is 1. The molecule has 2 heteroatoms. The molecule has 0 aliphatic carbocycles. The van der Waals surface area contributed by atoms with Gasteiger partial charge in [0.2, 0.25) is 0 Å². The lowest BCUT2D eigenvalue weighted by molar-refractivity contribution is 0.194. The van der Waals surface area contributed by atoms with Crippen LogP contribution in [-0.2, 0) is 0 Å². The van der Waals surface area contributed by atoms with Gasteiger partial charge in [-0.2, -0.15) is 11.8 Å². The second kappa shape index (κ2) is 6.72. The summed E-state index contributed by atoms with van der Waals surface area (Å²) in [7, 11) is 2.05. The van der Waals surface area contributed by atoms with Gasteiger partial charge >= 0.3 is 0 Å². The summed E-state index contributed by atoms with van der Waals surface area (Å²) in [6, 6.07) is 0. The number of hydrogen-bond donors (Lipinski definition) is 1. The third kappa shape index (κ3) is 4.92. The van der Waals surface area contributed by atoms with Gasteiger partial charge in [0.05, 0.1) is 0 Å². The molecule has 0 aromatic rings. The van der Waals surface area contributed by atoms with Gasteiger partial charge in [-0.05, 0) is 43.2 Å². The van der Waals surface area contributed by atoms with E-state index in [9.17, 15) is 0 Å². The van der Waals surface area contributed by atoms with Crippen LogP contribution >= 0.6 is 11.8 Å². The first-order valence-electron chi connectivity index (χ1n) is 5.20. The highest BCUT2D eigenvalue weighted by molar-refractivity contribution is 7.98. The van der Waals surface area contributed by atoms with Crippen molar-refractivity contribution in [1.29, 1.82) is 0 Å². The van der Waals surface area contributed by atoms with Gasteiger partial charge in [0.1, 0.15) is 0 Å². The molecule has 80 valence electrons. The van der Waals surface area contributed by atoms with Crippen LogP contribution in [0.25, 0.3) is 0 Å². The number of nitrogens with one attached hydrogen (secondary N) is 1. The van der Waals surface area contributed by atoms with Crippen LogP contribution in [0.1, 0.15) is 33.6 Å². The zero-order valence-electron chi connectivity index (χ0n) is 9.81. The minimum atomic E-state index is 0.477. The summed E-state index contributed by atoms with van der Waals surface area (Å²) in [4.78, 5) is 0. The molecule has 1 unspecified atom stereocenters. The van der Waals surface area contributed by atoms with E-state index < -0.39 is 0 Å². The molecule has 13 heavy (non-hydrogen) atoms. The lowest BCUT2D eigenvalue weighted by Crippen LogP contribution is -2.34. The minimum Gasteiger partial charge on any atom is -0.319 e. The standard InChI is InChI=1S/C11H25NS/c1-10(2)11(3,9-12-4)7-6-8-13-5/h10,12H,6-9H2,1-5H3. The van der Waals surface area contributed by atoms with Gasteiger partial charge in [0.15, 0.2) is 0 Å². The van der Waals surface area contributed by atoms with Gasteiger partial charge in [-0.15, -0.1) is 0 Å². The molecule has 0 radical (unpaired) electrons. The van der Waals surface area contributed by atoms with Crippen molar-refractivity contribution in [2.24, 2.45) is 11.3 Å². The van der Waals surface area contributed by atoms with Crippen LogP contribution in [0, 0.1) is 11.3 Å². The lowest BCUT2D eigenvalue weighted by Gasteiger charge is -2.33. The SMILES string of the molecule is CNCC(C)(CCCSC)C(C)C. The Morgan fingerprint density at radius 1 is 1.38 bits per heavy atom. The van der Waals surface area contributed by atoms with Crippen LogP contribution in [-0.4, -0.2) is 25.6 Å². The van der Waals surface area contributed by atoms with E-state index in [0.29, 0.717) is 5.41 Å². The van der Waals surface area contributed by atoms with E-state index in [1.807, 2.05) is 11.8 Å². The normalized spacial score (nSPS) is 16.2. The maximum absolute atomic E-state index is 3.31. The zero-order chi connectivity index (χ0) is 10.3. The second-order valence-electron chi connectivity index (χ2n) is 4.44. The van der Waals surface area contributed by atoms with Crippen LogP contribution in [0.4, 0.5) is 0 Å².